The lowest BCUT2D eigenvalue weighted by Gasteiger charge is -2.06. The van der Waals surface area contributed by atoms with Crippen LogP contribution in [0, 0.1) is 11.6 Å². The highest BCUT2D eigenvalue weighted by molar-refractivity contribution is 5.94. The highest BCUT2D eigenvalue weighted by Gasteiger charge is 2.13. The standard InChI is InChI=1S/C18H16F2N2O2/c1-24-13-3-5-17-14(9-13)11(10-22-17)6-7-21-18(23)15-8-12(19)2-4-16(15)20/h2-5,8-10,22H,6-7H2,1H3,(H,21,23). The molecule has 0 atom stereocenters. The molecule has 3 aromatic rings. The molecule has 0 radical (unpaired) electrons. The summed E-state index contributed by atoms with van der Waals surface area (Å²) in [6.45, 7) is 0.305. The van der Waals surface area contributed by atoms with Gasteiger partial charge in [0.1, 0.15) is 17.4 Å². The van der Waals surface area contributed by atoms with Crippen LogP contribution in [0.5, 0.6) is 5.75 Å². The van der Waals surface area contributed by atoms with Crippen LogP contribution in [0.2, 0.25) is 0 Å². The number of nitrogens with one attached hydrogen (secondary N) is 2. The molecule has 0 saturated carbocycles. The Morgan fingerprint density at radius 2 is 2.04 bits per heavy atom. The fraction of sp³-hybridized carbons (Fsp3) is 0.167. The van der Waals surface area contributed by atoms with Gasteiger partial charge in [0.05, 0.1) is 12.7 Å². The Kier molecular flexibility index (Phi) is 4.46. The first-order valence-corrected chi connectivity index (χ1v) is 7.45. The molecule has 4 nitrogen and oxygen atoms in total. The third-order valence-electron chi connectivity index (χ3n) is 3.83. The van der Waals surface area contributed by atoms with Crippen LogP contribution in [0.4, 0.5) is 8.78 Å². The summed E-state index contributed by atoms with van der Waals surface area (Å²) in [4.78, 5) is 15.1. The van der Waals surface area contributed by atoms with Gasteiger partial charge < -0.3 is 15.0 Å². The van der Waals surface area contributed by atoms with Gasteiger partial charge in [-0.3, -0.25) is 4.79 Å². The molecule has 0 aliphatic rings. The third-order valence-corrected chi connectivity index (χ3v) is 3.83. The van der Waals surface area contributed by atoms with E-state index in [1.807, 2.05) is 24.4 Å². The summed E-state index contributed by atoms with van der Waals surface area (Å²) < 4.78 is 31.9. The van der Waals surface area contributed by atoms with Crippen LogP contribution in [0.3, 0.4) is 0 Å². The number of H-pyrrole nitrogens is 1. The summed E-state index contributed by atoms with van der Waals surface area (Å²) in [6.07, 6.45) is 2.41. The fourth-order valence-corrected chi connectivity index (χ4v) is 2.57. The lowest BCUT2D eigenvalue weighted by molar-refractivity contribution is 0.0949. The van der Waals surface area contributed by atoms with Gasteiger partial charge in [-0.25, -0.2) is 8.78 Å². The molecule has 0 bridgehead atoms. The minimum absolute atomic E-state index is 0.296. The Balaban J connectivity index is 1.68. The SMILES string of the molecule is COc1ccc2[nH]cc(CCNC(=O)c3cc(F)ccc3F)c2c1. The van der Waals surface area contributed by atoms with Crippen LogP contribution in [-0.2, 0) is 6.42 Å². The maximum absolute atomic E-state index is 13.6. The van der Waals surface area contributed by atoms with Gasteiger partial charge in [-0.15, -0.1) is 0 Å². The summed E-state index contributed by atoms with van der Waals surface area (Å²) in [5.74, 6) is -1.28. The molecule has 0 fully saturated rings. The molecule has 1 amide bonds. The van der Waals surface area contributed by atoms with Gasteiger partial charge >= 0.3 is 0 Å². The largest absolute Gasteiger partial charge is 0.497 e. The normalized spacial score (nSPS) is 10.8. The van der Waals surface area contributed by atoms with Crippen molar-refractivity contribution < 1.29 is 18.3 Å². The van der Waals surface area contributed by atoms with Gasteiger partial charge in [-0.1, -0.05) is 0 Å². The molecule has 0 saturated heterocycles. The molecule has 3 rings (SSSR count). The number of ether oxygens (including phenoxy) is 1. The number of amides is 1. The van der Waals surface area contributed by atoms with Gasteiger partial charge in [0.25, 0.3) is 5.91 Å². The number of benzene rings is 2. The Morgan fingerprint density at radius 3 is 2.83 bits per heavy atom. The molecule has 0 spiro atoms. The average molecular weight is 330 g/mol. The molecule has 0 aliphatic heterocycles. The van der Waals surface area contributed by atoms with E-state index in [0.29, 0.717) is 13.0 Å². The second-order valence-corrected chi connectivity index (χ2v) is 5.36. The van der Waals surface area contributed by atoms with Crippen molar-refractivity contribution in [2.45, 2.75) is 6.42 Å². The number of aromatic nitrogens is 1. The maximum atomic E-state index is 13.6. The topological polar surface area (TPSA) is 54.1 Å². The number of rotatable bonds is 5. The number of carbonyl (C=O) groups is 1. The zero-order valence-corrected chi connectivity index (χ0v) is 13.0. The van der Waals surface area contributed by atoms with Crippen molar-refractivity contribution in [3.05, 3.63) is 65.4 Å². The highest BCUT2D eigenvalue weighted by atomic mass is 19.1. The number of fused-ring (bicyclic) bond motifs is 1. The predicted molar refractivity (Wildman–Crippen MR) is 87.2 cm³/mol. The zero-order valence-electron chi connectivity index (χ0n) is 13.0. The number of carbonyl (C=O) groups excluding carboxylic acids is 1. The van der Waals surface area contributed by atoms with E-state index in [-0.39, 0.29) is 5.56 Å². The Morgan fingerprint density at radius 1 is 1.21 bits per heavy atom. The second kappa shape index (κ2) is 6.70. The monoisotopic (exact) mass is 330 g/mol. The van der Waals surface area contributed by atoms with Crippen molar-refractivity contribution in [1.82, 2.24) is 10.3 Å². The molecular formula is C18H16F2N2O2. The van der Waals surface area contributed by atoms with Crippen molar-refractivity contribution in [1.29, 1.82) is 0 Å². The van der Waals surface area contributed by atoms with Crippen molar-refractivity contribution in [3.63, 3.8) is 0 Å². The van der Waals surface area contributed by atoms with Crippen LogP contribution in [0.15, 0.2) is 42.6 Å². The number of aromatic amines is 1. The lowest BCUT2D eigenvalue weighted by atomic mass is 10.1. The Labute approximate surface area is 137 Å². The summed E-state index contributed by atoms with van der Waals surface area (Å²) in [5, 5.41) is 3.61. The number of halogens is 2. The van der Waals surface area contributed by atoms with E-state index >= 15 is 0 Å². The van der Waals surface area contributed by atoms with Crippen LogP contribution in [0.25, 0.3) is 10.9 Å². The van der Waals surface area contributed by atoms with Crippen LogP contribution in [0.1, 0.15) is 15.9 Å². The minimum atomic E-state index is -0.745. The maximum Gasteiger partial charge on any atom is 0.254 e. The Hall–Kier alpha value is -2.89. The first kappa shape index (κ1) is 16.0. The molecule has 0 aliphatic carbocycles. The fourth-order valence-electron chi connectivity index (χ4n) is 2.57. The van der Waals surface area contributed by atoms with E-state index < -0.39 is 17.5 Å². The average Bonchev–Trinajstić information content (AvgIpc) is 2.99. The minimum Gasteiger partial charge on any atom is -0.497 e. The third kappa shape index (κ3) is 3.22. The molecule has 6 heteroatoms. The molecule has 2 aromatic carbocycles. The van der Waals surface area contributed by atoms with Gasteiger partial charge in [-0.05, 0) is 48.4 Å². The molecule has 24 heavy (non-hydrogen) atoms. The molecule has 124 valence electrons. The quantitative estimate of drug-likeness (QED) is 0.753. The van der Waals surface area contributed by atoms with Crippen LogP contribution < -0.4 is 10.1 Å². The summed E-state index contributed by atoms with van der Waals surface area (Å²) in [6, 6.07) is 8.49. The van der Waals surface area contributed by atoms with Crippen molar-refractivity contribution in [2.24, 2.45) is 0 Å². The molecule has 1 aromatic heterocycles. The van der Waals surface area contributed by atoms with Gasteiger partial charge in [-0.2, -0.15) is 0 Å². The molecular weight excluding hydrogens is 314 g/mol. The van der Waals surface area contributed by atoms with Crippen LogP contribution in [-0.4, -0.2) is 24.5 Å². The van der Waals surface area contributed by atoms with Gasteiger partial charge in [0, 0.05) is 23.6 Å². The van der Waals surface area contributed by atoms with Crippen molar-refractivity contribution >= 4 is 16.8 Å². The summed E-state index contributed by atoms with van der Waals surface area (Å²) in [5.41, 5.74) is 1.67. The first-order chi connectivity index (χ1) is 11.6. The highest BCUT2D eigenvalue weighted by Crippen LogP contribution is 2.23. The summed E-state index contributed by atoms with van der Waals surface area (Å²) >= 11 is 0. The van der Waals surface area contributed by atoms with Crippen molar-refractivity contribution in [3.8, 4) is 5.75 Å². The number of methoxy groups -OCH3 is 1. The van der Waals surface area contributed by atoms with Crippen molar-refractivity contribution in [2.75, 3.05) is 13.7 Å². The second-order valence-electron chi connectivity index (χ2n) is 5.36. The van der Waals surface area contributed by atoms with E-state index in [2.05, 4.69) is 10.3 Å². The molecule has 0 unspecified atom stereocenters. The van der Waals surface area contributed by atoms with Crippen LogP contribution >= 0.6 is 0 Å². The smallest absolute Gasteiger partial charge is 0.254 e. The van der Waals surface area contributed by atoms with E-state index in [0.717, 1.165) is 40.4 Å². The number of hydrogen-bond donors (Lipinski definition) is 2. The van der Waals surface area contributed by atoms with Gasteiger partial charge in [0.15, 0.2) is 0 Å². The van der Waals surface area contributed by atoms with Gasteiger partial charge in [0.2, 0.25) is 0 Å². The predicted octanol–water partition coefficient (Wildman–Crippen LogP) is 3.43. The van der Waals surface area contributed by atoms with E-state index in [1.165, 1.54) is 0 Å². The molecule has 2 N–H and O–H groups in total. The van der Waals surface area contributed by atoms with E-state index in [4.69, 9.17) is 4.74 Å². The summed E-state index contributed by atoms with van der Waals surface area (Å²) in [7, 11) is 1.60. The molecule has 1 heterocycles. The lowest BCUT2D eigenvalue weighted by Crippen LogP contribution is -2.26. The van der Waals surface area contributed by atoms with E-state index in [9.17, 15) is 13.6 Å². The van der Waals surface area contributed by atoms with E-state index in [1.54, 1.807) is 7.11 Å². The first-order valence-electron chi connectivity index (χ1n) is 7.45. The zero-order chi connectivity index (χ0) is 17.1. The Bertz CT molecular complexity index is 890. The number of hydrogen-bond acceptors (Lipinski definition) is 2.